The quantitative estimate of drug-likeness (QED) is 0.765. The lowest BCUT2D eigenvalue weighted by Crippen LogP contribution is -2.30. The second kappa shape index (κ2) is 6.24. The molecule has 5 nitrogen and oxygen atoms in total. The maximum Gasteiger partial charge on any atom is 0.425 e. The van der Waals surface area contributed by atoms with Crippen LogP contribution in [0.2, 0.25) is 0 Å². The molecule has 3 rings (SSSR count). The lowest BCUT2D eigenvalue weighted by Gasteiger charge is -2.17. The first-order valence-electron chi connectivity index (χ1n) is 7.24. The Balaban J connectivity index is 1.69. The molecule has 2 aromatic carbocycles. The Hall–Kier alpha value is -2.41. The van der Waals surface area contributed by atoms with Gasteiger partial charge >= 0.3 is 6.09 Å². The van der Waals surface area contributed by atoms with Crippen molar-refractivity contribution in [2.75, 3.05) is 7.05 Å². The zero-order valence-electron chi connectivity index (χ0n) is 13.4. The van der Waals surface area contributed by atoms with Crippen LogP contribution < -0.4 is 14.2 Å². The third kappa shape index (κ3) is 3.56. The molecule has 0 atom stereocenters. The highest BCUT2D eigenvalue weighted by Gasteiger charge is 2.34. The number of nitrogens with zero attached hydrogens (tertiary/aromatic N) is 1. The first-order valence-corrected chi connectivity index (χ1v) is 8.01. The maximum absolute atomic E-state index is 12.9. The fraction of sp³-hybridized carbons (Fsp3) is 0.235. The zero-order chi connectivity index (χ0) is 17.3. The van der Waals surface area contributed by atoms with Crippen molar-refractivity contribution in [2.45, 2.75) is 24.5 Å². The van der Waals surface area contributed by atoms with Crippen LogP contribution in [0.3, 0.4) is 0 Å². The fourth-order valence-corrected chi connectivity index (χ4v) is 2.82. The van der Waals surface area contributed by atoms with E-state index in [2.05, 4.69) is 0 Å². The second-order valence-corrected chi connectivity index (χ2v) is 6.80. The largest absolute Gasteiger partial charge is 0.449 e. The van der Waals surface area contributed by atoms with E-state index < -0.39 is 11.9 Å². The molecule has 7 heteroatoms. The fourth-order valence-electron chi connectivity index (χ4n) is 2.14. The van der Waals surface area contributed by atoms with Gasteiger partial charge in [0, 0.05) is 25.8 Å². The summed E-state index contributed by atoms with van der Waals surface area (Å²) >= 11 is 1.13. The van der Waals surface area contributed by atoms with E-state index in [1.807, 2.05) is 0 Å². The van der Waals surface area contributed by atoms with Gasteiger partial charge in [-0.15, -0.1) is 0 Å². The third-order valence-corrected chi connectivity index (χ3v) is 4.06. The number of carbonyl (C=O) groups excluding carboxylic acids is 1. The van der Waals surface area contributed by atoms with E-state index in [9.17, 15) is 9.18 Å². The van der Waals surface area contributed by atoms with E-state index in [0.717, 1.165) is 16.8 Å². The van der Waals surface area contributed by atoms with E-state index in [1.54, 1.807) is 51.2 Å². The molecule has 1 heterocycles. The molecule has 1 amide bonds. The van der Waals surface area contributed by atoms with Crippen molar-refractivity contribution in [3.63, 3.8) is 0 Å². The molecule has 0 N–H and O–H groups in total. The number of halogens is 1. The molecule has 0 saturated carbocycles. The predicted molar refractivity (Wildman–Crippen MR) is 87.8 cm³/mol. The van der Waals surface area contributed by atoms with E-state index >= 15 is 0 Å². The summed E-state index contributed by atoms with van der Waals surface area (Å²) in [7, 11) is 1.57. The Kier molecular flexibility index (Phi) is 4.28. The van der Waals surface area contributed by atoms with Crippen molar-refractivity contribution in [3.05, 3.63) is 48.3 Å². The number of hydrogen-bond donors (Lipinski definition) is 0. The number of amides is 1. The number of ether oxygens (including phenoxy) is 3. The zero-order valence-corrected chi connectivity index (χ0v) is 14.2. The number of carbonyl (C=O) groups is 1. The Morgan fingerprint density at radius 1 is 1.17 bits per heavy atom. The number of benzene rings is 2. The van der Waals surface area contributed by atoms with Gasteiger partial charge < -0.3 is 14.2 Å². The van der Waals surface area contributed by atoms with E-state index in [0.29, 0.717) is 11.5 Å². The molecule has 2 aromatic rings. The van der Waals surface area contributed by atoms with Crippen LogP contribution in [0, 0.1) is 5.82 Å². The van der Waals surface area contributed by atoms with Crippen molar-refractivity contribution in [1.82, 2.24) is 4.31 Å². The number of para-hydroxylation sites is 1. The van der Waals surface area contributed by atoms with Crippen molar-refractivity contribution >= 4 is 18.0 Å². The van der Waals surface area contributed by atoms with Gasteiger partial charge in [0.25, 0.3) is 0 Å². The first-order chi connectivity index (χ1) is 11.3. The Labute approximate surface area is 143 Å². The highest BCUT2D eigenvalue weighted by atomic mass is 32.2. The normalized spacial score (nSPS) is 14.3. The van der Waals surface area contributed by atoms with E-state index in [4.69, 9.17) is 14.2 Å². The van der Waals surface area contributed by atoms with Crippen molar-refractivity contribution in [1.29, 1.82) is 0 Å². The number of rotatable bonds is 3. The van der Waals surface area contributed by atoms with Crippen LogP contribution in [0.15, 0.2) is 47.4 Å². The topological polar surface area (TPSA) is 48.0 Å². The summed E-state index contributed by atoms with van der Waals surface area (Å²) in [5, 5.41) is 0. The molecule has 1 aliphatic rings. The summed E-state index contributed by atoms with van der Waals surface area (Å²) in [6.07, 6.45) is -0.578. The van der Waals surface area contributed by atoms with Gasteiger partial charge in [0.05, 0.1) is 0 Å². The van der Waals surface area contributed by atoms with Crippen LogP contribution in [-0.4, -0.2) is 23.2 Å². The molecular formula is C17H16FNO4S. The molecule has 24 heavy (non-hydrogen) atoms. The molecule has 0 saturated heterocycles. The molecule has 0 aromatic heterocycles. The van der Waals surface area contributed by atoms with Gasteiger partial charge in [-0.3, -0.25) is 0 Å². The first kappa shape index (κ1) is 16.4. The molecular weight excluding hydrogens is 333 g/mol. The molecule has 0 spiro atoms. The average Bonchev–Trinajstić information content (AvgIpc) is 2.84. The van der Waals surface area contributed by atoms with Gasteiger partial charge in [-0.05, 0) is 48.3 Å². The monoisotopic (exact) mass is 349 g/mol. The lowest BCUT2D eigenvalue weighted by atomic mass is 10.3. The molecule has 0 aliphatic carbocycles. The van der Waals surface area contributed by atoms with Gasteiger partial charge in [0.1, 0.15) is 5.82 Å². The molecule has 0 bridgehead atoms. The van der Waals surface area contributed by atoms with E-state index in [-0.39, 0.29) is 11.6 Å². The number of fused-ring (bicyclic) bond motifs is 1. The SMILES string of the molecule is CN(Sc1ccc(F)cc1)C(=O)Oc1cccc2c1OC(C)(C)O2. The van der Waals surface area contributed by atoms with Gasteiger partial charge in [-0.1, -0.05) is 6.07 Å². The van der Waals surface area contributed by atoms with Gasteiger partial charge in [-0.2, -0.15) is 0 Å². The predicted octanol–water partition coefficient (Wildman–Crippen LogP) is 4.47. The Bertz CT molecular complexity index is 764. The van der Waals surface area contributed by atoms with Crippen LogP contribution in [0.1, 0.15) is 13.8 Å². The Morgan fingerprint density at radius 3 is 2.58 bits per heavy atom. The van der Waals surface area contributed by atoms with Crippen molar-refractivity contribution in [3.8, 4) is 17.2 Å². The van der Waals surface area contributed by atoms with Gasteiger partial charge in [0.2, 0.25) is 11.5 Å². The molecule has 0 fully saturated rings. The van der Waals surface area contributed by atoms with Gasteiger partial charge in [0.15, 0.2) is 11.5 Å². The van der Waals surface area contributed by atoms with Crippen LogP contribution in [0.5, 0.6) is 17.2 Å². The summed E-state index contributed by atoms with van der Waals surface area (Å²) in [4.78, 5) is 13.0. The third-order valence-electron chi connectivity index (χ3n) is 3.16. The summed E-state index contributed by atoms with van der Waals surface area (Å²) in [5.74, 6) is 0.0774. The summed E-state index contributed by atoms with van der Waals surface area (Å²) < 4.78 is 30.9. The van der Waals surface area contributed by atoms with Gasteiger partial charge in [-0.25, -0.2) is 13.5 Å². The highest BCUT2D eigenvalue weighted by molar-refractivity contribution is 7.97. The van der Waals surface area contributed by atoms with Crippen LogP contribution >= 0.6 is 11.9 Å². The van der Waals surface area contributed by atoms with Crippen molar-refractivity contribution < 1.29 is 23.4 Å². The average molecular weight is 349 g/mol. The molecule has 0 unspecified atom stereocenters. The maximum atomic E-state index is 12.9. The minimum atomic E-state index is -0.806. The Morgan fingerprint density at radius 2 is 1.88 bits per heavy atom. The summed E-state index contributed by atoms with van der Waals surface area (Å²) in [5.41, 5.74) is 0. The number of hydrogen-bond acceptors (Lipinski definition) is 5. The summed E-state index contributed by atoms with van der Waals surface area (Å²) in [6.45, 7) is 3.55. The van der Waals surface area contributed by atoms with Crippen LogP contribution in [0.4, 0.5) is 9.18 Å². The van der Waals surface area contributed by atoms with E-state index in [1.165, 1.54) is 16.4 Å². The van der Waals surface area contributed by atoms with Crippen molar-refractivity contribution in [2.24, 2.45) is 0 Å². The minimum absolute atomic E-state index is 0.287. The second-order valence-electron chi connectivity index (χ2n) is 5.60. The highest BCUT2D eigenvalue weighted by Crippen LogP contribution is 2.45. The molecule has 1 aliphatic heterocycles. The molecule has 0 radical (unpaired) electrons. The standard InChI is InChI=1S/C17H16FNO4S/c1-17(2)22-14-6-4-5-13(15(14)23-17)21-16(20)19(3)24-12-9-7-11(18)8-10-12/h4-10H,1-3H3. The summed E-state index contributed by atoms with van der Waals surface area (Å²) in [6, 6.07) is 10.9. The smallest absolute Gasteiger partial charge is 0.425 e. The lowest BCUT2D eigenvalue weighted by molar-refractivity contribution is -0.0439. The van der Waals surface area contributed by atoms with Crippen LogP contribution in [-0.2, 0) is 0 Å². The van der Waals surface area contributed by atoms with Crippen LogP contribution in [0.25, 0.3) is 0 Å². The minimum Gasteiger partial charge on any atom is -0.449 e. The molecule has 126 valence electrons.